The van der Waals surface area contributed by atoms with Crippen molar-refractivity contribution in [2.24, 2.45) is 0 Å². The van der Waals surface area contributed by atoms with Crippen molar-refractivity contribution in [1.82, 2.24) is 0 Å². The van der Waals surface area contributed by atoms with Crippen LogP contribution in [0.15, 0.2) is 48.5 Å². The van der Waals surface area contributed by atoms with Gasteiger partial charge in [-0.2, -0.15) is 0 Å². The molecule has 0 aromatic heterocycles. The van der Waals surface area contributed by atoms with Crippen LogP contribution in [0, 0.1) is 11.8 Å². The Morgan fingerprint density at radius 2 is 1.17 bits per heavy atom. The Hall–Kier alpha value is -2.40. The van der Waals surface area contributed by atoms with Crippen LogP contribution in [0.2, 0.25) is 0 Å². The second-order valence-corrected chi connectivity index (χ2v) is 3.71. The first-order valence-corrected chi connectivity index (χ1v) is 5.62. The van der Waals surface area contributed by atoms with Gasteiger partial charge in [0.1, 0.15) is 11.5 Å². The molecule has 0 radical (unpaired) electrons. The summed E-state index contributed by atoms with van der Waals surface area (Å²) >= 11 is 0. The van der Waals surface area contributed by atoms with Gasteiger partial charge in [0.15, 0.2) is 0 Å². The molecule has 0 amide bonds. The van der Waals surface area contributed by atoms with Crippen molar-refractivity contribution in [3.05, 3.63) is 59.7 Å². The Morgan fingerprint density at radius 1 is 0.722 bits per heavy atom. The summed E-state index contributed by atoms with van der Waals surface area (Å²) in [6, 6.07) is 15.4. The lowest BCUT2D eigenvalue weighted by Crippen LogP contribution is -1.84. The molecule has 2 nitrogen and oxygen atoms in total. The monoisotopic (exact) mass is 238 g/mol. The highest BCUT2D eigenvalue weighted by molar-refractivity contribution is 5.46. The van der Waals surface area contributed by atoms with Crippen molar-refractivity contribution < 1.29 is 9.47 Å². The average Bonchev–Trinajstić information content (AvgIpc) is 2.45. The zero-order valence-corrected chi connectivity index (χ0v) is 10.4. The topological polar surface area (TPSA) is 18.5 Å². The number of hydrogen-bond donors (Lipinski definition) is 0. The van der Waals surface area contributed by atoms with E-state index in [-0.39, 0.29) is 0 Å². The van der Waals surface area contributed by atoms with Crippen LogP contribution < -0.4 is 9.47 Å². The standard InChI is InChI=1S/C16H14O2/c1-17-15-7-3-5-13(11-15)9-10-14-6-4-8-16(12-14)18-2/h3-8,11-12H,1-2H3. The lowest BCUT2D eigenvalue weighted by molar-refractivity contribution is 0.414. The quantitative estimate of drug-likeness (QED) is 0.748. The summed E-state index contributed by atoms with van der Waals surface area (Å²) in [6.45, 7) is 0. The van der Waals surface area contributed by atoms with E-state index in [0.29, 0.717) is 0 Å². The minimum atomic E-state index is 0.812. The number of ether oxygens (including phenoxy) is 2. The van der Waals surface area contributed by atoms with E-state index >= 15 is 0 Å². The van der Waals surface area contributed by atoms with E-state index in [1.54, 1.807) is 14.2 Å². The molecule has 0 saturated carbocycles. The SMILES string of the molecule is COc1cccc(C#Cc2cccc(OC)c2)c1. The van der Waals surface area contributed by atoms with Crippen molar-refractivity contribution in [2.45, 2.75) is 0 Å². The van der Waals surface area contributed by atoms with Gasteiger partial charge in [-0.15, -0.1) is 0 Å². The van der Waals surface area contributed by atoms with Gasteiger partial charge in [-0.1, -0.05) is 24.0 Å². The Morgan fingerprint density at radius 3 is 1.56 bits per heavy atom. The van der Waals surface area contributed by atoms with E-state index in [0.717, 1.165) is 22.6 Å². The number of methoxy groups -OCH3 is 2. The van der Waals surface area contributed by atoms with Gasteiger partial charge in [-0.05, 0) is 36.4 Å². The molecule has 0 aliphatic heterocycles. The van der Waals surface area contributed by atoms with Crippen LogP contribution in [-0.2, 0) is 0 Å². The van der Waals surface area contributed by atoms with E-state index in [2.05, 4.69) is 11.8 Å². The van der Waals surface area contributed by atoms with Crippen molar-refractivity contribution in [3.8, 4) is 23.3 Å². The molecule has 2 rings (SSSR count). The van der Waals surface area contributed by atoms with Crippen LogP contribution in [0.25, 0.3) is 0 Å². The van der Waals surface area contributed by atoms with Crippen LogP contribution >= 0.6 is 0 Å². The molecular weight excluding hydrogens is 224 g/mol. The maximum atomic E-state index is 5.16. The Labute approximate surface area is 107 Å². The minimum absolute atomic E-state index is 0.812. The van der Waals surface area contributed by atoms with Gasteiger partial charge in [-0.3, -0.25) is 0 Å². The van der Waals surface area contributed by atoms with E-state index < -0.39 is 0 Å². The van der Waals surface area contributed by atoms with Gasteiger partial charge in [-0.25, -0.2) is 0 Å². The smallest absolute Gasteiger partial charge is 0.120 e. The highest BCUT2D eigenvalue weighted by atomic mass is 16.5. The lowest BCUT2D eigenvalue weighted by atomic mass is 10.1. The van der Waals surface area contributed by atoms with Gasteiger partial charge in [0.25, 0.3) is 0 Å². The third-order valence-corrected chi connectivity index (χ3v) is 2.49. The largest absolute Gasteiger partial charge is 0.497 e. The second kappa shape index (κ2) is 5.79. The zero-order valence-electron chi connectivity index (χ0n) is 10.4. The molecular formula is C16H14O2. The lowest BCUT2D eigenvalue weighted by Gasteiger charge is -1.99. The fourth-order valence-electron chi connectivity index (χ4n) is 1.55. The first-order chi connectivity index (χ1) is 8.81. The maximum absolute atomic E-state index is 5.16. The molecule has 0 fully saturated rings. The van der Waals surface area contributed by atoms with E-state index in [9.17, 15) is 0 Å². The first kappa shape index (κ1) is 12.1. The summed E-state index contributed by atoms with van der Waals surface area (Å²) in [4.78, 5) is 0. The predicted octanol–water partition coefficient (Wildman–Crippen LogP) is 3.10. The molecule has 0 aliphatic carbocycles. The summed E-state index contributed by atoms with van der Waals surface area (Å²) in [5, 5.41) is 0. The molecule has 0 spiro atoms. The van der Waals surface area contributed by atoms with Crippen LogP contribution in [0.1, 0.15) is 11.1 Å². The molecule has 2 aromatic carbocycles. The highest BCUT2D eigenvalue weighted by Gasteiger charge is 1.93. The van der Waals surface area contributed by atoms with Gasteiger partial charge < -0.3 is 9.47 Å². The van der Waals surface area contributed by atoms with Crippen LogP contribution in [-0.4, -0.2) is 14.2 Å². The second-order valence-electron chi connectivity index (χ2n) is 3.71. The Kier molecular flexibility index (Phi) is 3.88. The van der Waals surface area contributed by atoms with E-state index in [1.807, 2.05) is 48.5 Å². The number of hydrogen-bond acceptors (Lipinski definition) is 2. The molecule has 2 aromatic rings. The van der Waals surface area contributed by atoms with Crippen molar-refractivity contribution >= 4 is 0 Å². The fourth-order valence-corrected chi connectivity index (χ4v) is 1.55. The molecule has 0 unspecified atom stereocenters. The third-order valence-electron chi connectivity index (χ3n) is 2.49. The minimum Gasteiger partial charge on any atom is -0.497 e. The zero-order chi connectivity index (χ0) is 12.8. The summed E-state index contributed by atoms with van der Waals surface area (Å²) in [5.74, 6) is 7.83. The van der Waals surface area contributed by atoms with E-state index in [1.165, 1.54) is 0 Å². The summed E-state index contributed by atoms with van der Waals surface area (Å²) in [6.07, 6.45) is 0. The maximum Gasteiger partial charge on any atom is 0.120 e. The fraction of sp³-hybridized carbons (Fsp3) is 0.125. The Balaban J connectivity index is 2.24. The van der Waals surface area contributed by atoms with E-state index in [4.69, 9.17) is 9.47 Å². The van der Waals surface area contributed by atoms with Crippen LogP contribution in [0.4, 0.5) is 0 Å². The number of rotatable bonds is 2. The summed E-state index contributed by atoms with van der Waals surface area (Å²) in [5.41, 5.74) is 1.86. The predicted molar refractivity (Wildman–Crippen MR) is 72.0 cm³/mol. The van der Waals surface area contributed by atoms with Gasteiger partial charge in [0, 0.05) is 11.1 Å². The summed E-state index contributed by atoms with van der Waals surface area (Å²) in [7, 11) is 3.29. The molecule has 0 heterocycles. The van der Waals surface area contributed by atoms with Gasteiger partial charge in [0.2, 0.25) is 0 Å². The molecule has 0 aliphatic rings. The van der Waals surface area contributed by atoms with Crippen LogP contribution in [0.5, 0.6) is 11.5 Å². The Bertz CT molecular complexity index is 540. The third kappa shape index (κ3) is 3.05. The molecule has 90 valence electrons. The van der Waals surface area contributed by atoms with Crippen LogP contribution in [0.3, 0.4) is 0 Å². The molecule has 0 N–H and O–H groups in total. The molecule has 0 atom stereocenters. The number of benzene rings is 2. The molecule has 0 saturated heterocycles. The normalized spacial score (nSPS) is 9.22. The summed E-state index contributed by atoms with van der Waals surface area (Å²) < 4.78 is 10.3. The van der Waals surface area contributed by atoms with Crippen molar-refractivity contribution in [2.75, 3.05) is 14.2 Å². The first-order valence-electron chi connectivity index (χ1n) is 5.62. The van der Waals surface area contributed by atoms with Crippen molar-refractivity contribution in [1.29, 1.82) is 0 Å². The molecule has 18 heavy (non-hydrogen) atoms. The van der Waals surface area contributed by atoms with Gasteiger partial charge >= 0.3 is 0 Å². The average molecular weight is 238 g/mol. The van der Waals surface area contributed by atoms with Crippen molar-refractivity contribution in [3.63, 3.8) is 0 Å². The molecule has 2 heteroatoms. The molecule has 0 bridgehead atoms. The van der Waals surface area contributed by atoms with Gasteiger partial charge in [0.05, 0.1) is 14.2 Å². The highest BCUT2D eigenvalue weighted by Crippen LogP contribution is 2.13.